The van der Waals surface area contributed by atoms with Crippen LogP contribution < -0.4 is 5.32 Å². The van der Waals surface area contributed by atoms with Gasteiger partial charge in [0, 0.05) is 25.2 Å². The topological polar surface area (TPSA) is 67.2 Å². The molecule has 2 N–H and O–H groups in total. The number of aliphatic hydroxyl groups excluding tert-OH is 1. The van der Waals surface area contributed by atoms with Crippen LogP contribution in [0.15, 0.2) is 30.6 Å². The van der Waals surface area contributed by atoms with Crippen molar-refractivity contribution in [3.63, 3.8) is 0 Å². The van der Waals surface area contributed by atoms with Crippen LogP contribution in [0, 0.1) is 18.8 Å². The smallest absolute Gasteiger partial charge is 0.258 e. The van der Waals surface area contributed by atoms with Crippen LogP contribution >= 0.6 is 0 Å². The molecule has 0 saturated carbocycles. The van der Waals surface area contributed by atoms with Gasteiger partial charge < -0.3 is 10.4 Å². The number of aromatic nitrogens is 2. The molecular formula is C16H17N3O2. The average Bonchev–Trinajstić information content (AvgIpc) is 2.88. The molecule has 1 aromatic carbocycles. The molecule has 5 heteroatoms. The lowest BCUT2D eigenvalue weighted by Gasteiger charge is -2.07. The third kappa shape index (κ3) is 3.94. The first-order chi connectivity index (χ1) is 10.1. The maximum atomic E-state index is 12.1. The molecule has 0 fully saturated rings. The third-order valence-electron chi connectivity index (χ3n) is 2.85. The highest BCUT2D eigenvalue weighted by atomic mass is 16.2. The molecule has 0 unspecified atom stereocenters. The van der Waals surface area contributed by atoms with Crippen LogP contribution in [-0.4, -0.2) is 27.4 Å². The van der Waals surface area contributed by atoms with Crippen LogP contribution in [0.1, 0.15) is 27.9 Å². The molecule has 0 atom stereocenters. The largest absolute Gasteiger partial charge is 0.395 e. The van der Waals surface area contributed by atoms with E-state index in [0.717, 1.165) is 11.1 Å². The fraction of sp³-hybridized carbons (Fsp3) is 0.250. The maximum absolute atomic E-state index is 12.1. The minimum atomic E-state index is -0.225. The summed E-state index contributed by atoms with van der Waals surface area (Å²) < 4.78 is 1.58. The van der Waals surface area contributed by atoms with Gasteiger partial charge >= 0.3 is 0 Å². The van der Waals surface area contributed by atoms with Crippen molar-refractivity contribution in [3.8, 4) is 11.8 Å². The molecule has 1 aromatic heterocycles. The van der Waals surface area contributed by atoms with Crippen molar-refractivity contribution in [1.29, 1.82) is 0 Å². The molecule has 1 heterocycles. The molecule has 0 aliphatic heterocycles. The molecule has 5 nitrogen and oxygen atoms in total. The average molecular weight is 283 g/mol. The number of rotatable bonds is 3. The summed E-state index contributed by atoms with van der Waals surface area (Å²) in [6.07, 6.45) is 3.57. The molecule has 0 radical (unpaired) electrons. The van der Waals surface area contributed by atoms with E-state index in [4.69, 9.17) is 5.11 Å². The van der Waals surface area contributed by atoms with E-state index in [0.29, 0.717) is 17.7 Å². The van der Waals surface area contributed by atoms with E-state index in [1.54, 1.807) is 17.9 Å². The molecule has 0 spiro atoms. The van der Waals surface area contributed by atoms with Gasteiger partial charge in [0.1, 0.15) is 0 Å². The number of hydrogen-bond donors (Lipinski definition) is 2. The van der Waals surface area contributed by atoms with E-state index in [1.807, 2.05) is 25.1 Å². The van der Waals surface area contributed by atoms with Gasteiger partial charge in [-0.15, -0.1) is 0 Å². The number of aryl methyl sites for hydroxylation is 2. The van der Waals surface area contributed by atoms with Crippen LogP contribution in [0.3, 0.4) is 0 Å². The van der Waals surface area contributed by atoms with Crippen LogP contribution in [0.2, 0.25) is 0 Å². The second-order valence-electron chi connectivity index (χ2n) is 4.68. The van der Waals surface area contributed by atoms with E-state index in [2.05, 4.69) is 22.3 Å². The van der Waals surface area contributed by atoms with Crippen molar-refractivity contribution in [1.82, 2.24) is 9.78 Å². The predicted octanol–water partition coefficient (Wildman–Crippen LogP) is 1.71. The summed E-state index contributed by atoms with van der Waals surface area (Å²) in [7, 11) is 1.76. The fourth-order valence-corrected chi connectivity index (χ4v) is 1.82. The number of anilines is 1. The standard InChI is InChI=1S/C16H17N3O2/c1-12-6-7-15(13(9-12)5-3-4-8-20)18-16(21)14-10-17-19(2)11-14/h6-7,9-11,20H,4,8H2,1-2H3,(H,18,21). The first kappa shape index (κ1) is 14.8. The van der Waals surface area contributed by atoms with E-state index in [1.165, 1.54) is 6.20 Å². The maximum Gasteiger partial charge on any atom is 0.258 e. The van der Waals surface area contributed by atoms with Crippen molar-refractivity contribution in [3.05, 3.63) is 47.3 Å². The van der Waals surface area contributed by atoms with E-state index < -0.39 is 0 Å². The molecule has 21 heavy (non-hydrogen) atoms. The Morgan fingerprint density at radius 2 is 2.29 bits per heavy atom. The minimum absolute atomic E-state index is 0.0240. The normalized spacial score (nSPS) is 9.86. The van der Waals surface area contributed by atoms with E-state index >= 15 is 0 Å². The minimum Gasteiger partial charge on any atom is -0.395 e. The zero-order valence-electron chi connectivity index (χ0n) is 12.1. The highest BCUT2D eigenvalue weighted by molar-refractivity contribution is 6.04. The zero-order chi connectivity index (χ0) is 15.2. The number of hydrogen-bond acceptors (Lipinski definition) is 3. The van der Waals surface area contributed by atoms with Crippen molar-refractivity contribution >= 4 is 11.6 Å². The van der Waals surface area contributed by atoms with Gasteiger partial charge in [-0.3, -0.25) is 9.48 Å². The fourth-order valence-electron chi connectivity index (χ4n) is 1.82. The summed E-state index contributed by atoms with van der Waals surface area (Å²) in [4.78, 5) is 12.1. The van der Waals surface area contributed by atoms with Crippen molar-refractivity contribution < 1.29 is 9.90 Å². The molecule has 0 aliphatic carbocycles. The number of nitrogens with one attached hydrogen (secondary N) is 1. The van der Waals surface area contributed by atoms with Gasteiger partial charge in [0.25, 0.3) is 5.91 Å². The highest BCUT2D eigenvalue weighted by Crippen LogP contribution is 2.17. The van der Waals surface area contributed by atoms with Gasteiger partial charge in [0.05, 0.1) is 24.1 Å². The van der Waals surface area contributed by atoms with Crippen LogP contribution in [-0.2, 0) is 7.05 Å². The van der Waals surface area contributed by atoms with Crippen LogP contribution in [0.5, 0.6) is 0 Å². The Morgan fingerprint density at radius 3 is 2.95 bits per heavy atom. The molecule has 0 saturated heterocycles. The number of carbonyl (C=O) groups is 1. The summed E-state index contributed by atoms with van der Waals surface area (Å²) in [6, 6.07) is 5.64. The van der Waals surface area contributed by atoms with Gasteiger partial charge in [0.2, 0.25) is 0 Å². The van der Waals surface area contributed by atoms with Crippen molar-refractivity contribution in [2.24, 2.45) is 7.05 Å². The summed E-state index contributed by atoms with van der Waals surface area (Å²) >= 11 is 0. The molecule has 2 rings (SSSR count). The number of carbonyl (C=O) groups excluding carboxylic acids is 1. The van der Waals surface area contributed by atoms with Crippen LogP contribution in [0.25, 0.3) is 0 Å². The summed E-state index contributed by atoms with van der Waals surface area (Å²) in [6.45, 7) is 1.99. The summed E-state index contributed by atoms with van der Waals surface area (Å²) in [5.41, 5.74) is 2.94. The Labute approximate surface area is 123 Å². The molecule has 0 aliphatic rings. The van der Waals surface area contributed by atoms with Gasteiger partial charge in [0.15, 0.2) is 0 Å². The third-order valence-corrected chi connectivity index (χ3v) is 2.85. The number of amides is 1. The Hall–Kier alpha value is -2.58. The monoisotopic (exact) mass is 283 g/mol. The number of benzene rings is 1. The molecule has 2 aromatic rings. The van der Waals surface area contributed by atoms with Crippen molar-refractivity contribution in [2.45, 2.75) is 13.3 Å². The predicted molar refractivity (Wildman–Crippen MR) is 80.9 cm³/mol. The lowest BCUT2D eigenvalue weighted by molar-refractivity contribution is 0.102. The number of aliphatic hydroxyl groups is 1. The highest BCUT2D eigenvalue weighted by Gasteiger charge is 2.10. The second-order valence-corrected chi connectivity index (χ2v) is 4.68. The zero-order valence-corrected chi connectivity index (χ0v) is 12.1. The summed E-state index contributed by atoms with van der Waals surface area (Å²) in [5, 5.41) is 15.6. The SMILES string of the molecule is Cc1ccc(NC(=O)c2cnn(C)c2)c(C#CCCO)c1. The van der Waals surface area contributed by atoms with Crippen molar-refractivity contribution in [2.75, 3.05) is 11.9 Å². The molecule has 1 amide bonds. The van der Waals surface area contributed by atoms with Crippen LogP contribution in [0.4, 0.5) is 5.69 Å². The van der Waals surface area contributed by atoms with Gasteiger partial charge in [-0.05, 0) is 24.6 Å². The number of nitrogens with zero attached hydrogens (tertiary/aromatic N) is 2. The first-order valence-corrected chi connectivity index (χ1v) is 6.60. The lowest BCUT2D eigenvalue weighted by atomic mass is 10.1. The molecule has 0 bridgehead atoms. The van der Waals surface area contributed by atoms with Gasteiger partial charge in [-0.2, -0.15) is 5.10 Å². The molecular weight excluding hydrogens is 266 g/mol. The Bertz CT molecular complexity index is 708. The second kappa shape index (κ2) is 6.73. The van der Waals surface area contributed by atoms with Gasteiger partial charge in [-0.25, -0.2) is 0 Å². The quantitative estimate of drug-likeness (QED) is 0.843. The Kier molecular flexibility index (Phi) is 4.75. The van der Waals surface area contributed by atoms with E-state index in [9.17, 15) is 4.79 Å². The van der Waals surface area contributed by atoms with E-state index in [-0.39, 0.29) is 12.5 Å². The Morgan fingerprint density at radius 1 is 1.48 bits per heavy atom. The molecule has 108 valence electrons. The van der Waals surface area contributed by atoms with Gasteiger partial charge in [-0.1, -0.05) is 17.9 Å². The lowest BCUT2D eigenvalue weighted by Crippen LogP contribution is -2.12. The summed E-state index contributed by atoms with van der Waals surface area (Å²) in [5.74, 6) is 5.61. The first-order valence-electron chi connectivity index (χ1n) is 6.60. The Balaban J connectivity index is 2.23.